The van der Waals surface area contributed by atoms with Crippen LogP contribution >= 0.6 is 11.3 Å². The number of amides is 1. The van der Waals surface area contributed by atoms with Crippen LogP contribution in [-0.2, 0) is 5.54 Å². The lowest BCUT2D eigenvalue weighted by atomic mass is 10.1. The van der Waals surface area contributed by atoms with Crippen LogP contribution in [0.1, 0.15) is 42.2 Å². The number of nitrogens with zero attached hydrogens (tertiary/aromatic N) is 3. The second-order valence-corrected chi connectivity index (χ2v) is 8.66. The van der Waals surface area contributed by atoms with Crippen LogP contribution in [0.2, 0.25) is 0 Å². The molecular formula is C19H24N4O3S. The zero-order chi connectivity index (χ0) is 19.0. The zero-order valence-corrected chi connectivity index (χ0v) is 16.3. The van der Waals surface area contributed by atoms with Gasteiger partial charge in [0.25, 0.3) is 5.91 Å². The normalized spacial score (nSPS) is 17.5. The van der Waals surface area contributed by atoms with E-state index in [1.807, 2.05) is 30.2 Å². The average molecular weight is 388 g/mol. The average Bonchev–Trinajstić information content (AvgIpc) is 3.26. The van der Waals surface area contributed by atoms with Gasteiger partial charge in [-0.1, -0.05) is 0 Å². The van der Waals surface area contributed by atoms with Crippen molar-refractivity contribution in [1.29, 1.82) is 0 Å². The van der Waals surface area contributed by atoms with Crippen LogP contribution in [-0.4, -0.2) is 46.8 Å². The molecule has 1 aliphatic carbocycles. The zero-order valence-electron chi connectivity index (χ0n) is 15.5. The van der Waals surface area contributed by atoms with Crippen LogP contribution in [0.25, 0.3) is 0 Å². The summed E-state index contributed by atoms with van der Waals surface area (Å²) in [4.78, 5) is 23.6. The third-order valence-corrected chi connectivity index (χ3v) is 5.94. The lowest BCUT2D eigenvalue weighted by molar-refractivity contribution is 0.0901. The van der Waals surface area contributed by atoms with Gasteiger partial charge in [-0.25, -0.2) is 9.97 Å². The maximum atomic E-state index is 12.9. The number of anilines is 1. The van der Waals surface area contributed by atoms with Gasteiger partial charge in [-0.15, -0.1) is 11.3 Å². The predicted octanol–water partition coefficient (Wildman–Crippen LogP) is 2.17. The Balaban J connectivity index is 1.54. The van der Waals surface area contributed by atoms with Crippen molar-refractivity contribution in [2.45, 2.75) is 38.3 Å². The molecule has 0 spiro atoms. The number of carbonyl (C=O) groups is 1. The Morgan fingerprint density at radius 2 is 2.19 bits per heavy atom. The molecule has 1 saturated carbocycles. The lowest BCUT2D eigenvalue weighted by Crippen LogP contribution is -2.50. The highest BCUT2D eigenvalue weighted by atomic mass is 32.1. The first kappa shape index (κ1) is 18.2. The molecule has 0 radical (unpaired) electrons. The van der Waals surface area contributed by atoms with Crippen molar-refractivity contribution >= 4 is 22.9 Å². The van der Waals surface area contributed by atoms with E-state index in [-0.39, 0.29) is 17.7 Å². The van der Waals surface area contributed by atoms with Crippen molar-refractivity contribution in [1.82, 2.24) is 15.3 Å². The summed E-state index contributed by atoms with van der Waals surface area (Å²) in [7, 11) is 0. The monoisotopic (exact) mass is 388 g/mol. The Morgan fingerprint density at radius 1 is 1.41 bits per heavy atom. The van der Waals surface area contributed by atoms with E-state index in [0.29, 0.717) is 31.4 Å². The largest absolute Gasteiger partial charge is 0.491 e. The predicted molar refractivity (Wildman–Crippen MR) is 103 cm³/mol. The van der Waals surface area contributed by atoms with Crippen LogP contribution in [0.15, 0.2) is 23.8 Å². The van der Waals surface area contributed by atoms with E-state index in [4.69, 9.17) is 4.74 Å². The maximum Gasteiger partial charge on any atom is 0.274 e. The van der Waals surface area contributed by atoms with E-state index >= 15 is 0 Å². The van der Waals surface area contributed by atoms with Crippen molar-refractivity contribution < 1.29 is 14.6 Å². The summed E-state index contributed by atoms with van der Waals surface area (Å²) in [6.07, 6.45) is 5.44. The third-order valence-electron chi connectivity index (χ3n) is 4.85. The molecule has 0 aromatic carbocycles. The minimum absolute atomic E-state index is 0.281. The Morgan fingerprint density at radius 3 is 2.81 bits per heavy atom. The molecule has 2 N–H and O–H groups in total. The molecule has 1 amide bonds. The molecule has 2 aromatic heterocycles. The van der Waals surface area contributed by atoms with Crippen LogP contribution < -0.4 is 15.0 Å². The molecule has 2 aliphatic rings. The topological polar surface area (TPSA) is 87.6 Å². The van der Waals surface area contributed by atoms with Gasteiger partial charge in [0.15, 0.2) is 11.4 Å². The number of ether oxygens (including phenoxy) is 1. The molecular weight excluding hydrogens is 364 g/mol. The number of aliphatic hydroxyl groups is 1. The highest BCUT2D eigenvalue weighted by molar-refractivity contribution is 7.09. The molecule has 1 saturated heterocycles. The van der Waals surface area contributed by atoms with Gasteiger partial charge in [-0.05, 0) is 32.6 Å². The van der Waals surface area contributed by atoms with E-state index in [1.54, 1.807) is 12.4 Å². The number of carbonyl (C=O) groups excluding carboxylic acids is 1. The summed E-state index contributed by atoms with van der Waals surface area (Å²) in [6, 6.07) is 1.85. The van der Waals surface area contributed by atoms with Crippen LogP contribution in [0.5, 0.6) is 5.75 Å². The van der Waals surface area contributed by atoms with Gasteiger partial charge in [0, 0.05) is 30.7 Å². The van der Waals surface area contributed by atoms with Crippen molar-refractivity contribution in [2.75, 3.05) is 24.6 Å². The SMILES string of the molecule is CC(C)(NC(=O)c1ncc(N2CC(O)C2)cc1OCC1CC1)c1nccs1. The Hall–Kier alpha value is -2.19. The second-order valence-electron chi connectivity index (χ2n) is 7.77. The van der Waals surface area contributed by atoms with Gasteiger partial charge >= 0.3 is 0 Å². The number of rotatable bonds is 7. The fourth-order valence-corrected chi connectivity index (χ4v) is 3.69. The molecule has 0 atom stereocenters. The molecule has 2 fully saturated rings. The van der Waals surface area contributed by atoms with Crippen molar-refractivity contribution in [3.63, 3.8) is 0 Å². The Kier molecular flexibility index (Phi) is 4.77. The highest BCUT2D eigenvalue weighted by Gasteiger charge is 2.30. The molecule has 144 valence electrons. The van der Waals surface area contributed by atoms with Gasteiger partial charge in [0.05, 0.1) is 30.1 Å². The van der Waals surface area contributed by atoms with Gasteiger partial charge in [0.2, 0.25) is 0 Å². The Bertz CT molecular complexity index is 814. The first-order chi connectivity index (χ1) is 12.9. The van der Waals surface area contributed by atoms with Gasteiger partial charge in [-0.2, -0.15) is 0 Å². The molecule has 8 heteroatoms. The summed E-state index contributed by atoms with van der Waals surface area (Å²) in [5.41, 5.74) is 0.549. The van der Waals surface area contributed by atoms with Gasteiger partial charge in [-0.3, -0.25) is 4.79 Å². The number of pyridine rings is 1. The standard InChI is InChI=1S/C19H24N4O3S/c1-19(2,18-20-5-6-27-18)22-17(25)16-15(26-11-12-3-4-12)7-13(8-21-16)23-9-14(24)10-23/h5-8,12,14,24H,3-4,9-11H2,1-2H3,(H,22,25). The smallest absolute Gasteiger partial charge is 0.274 e. The fraction of sp³-hybridized carbons (Fsp3) is 0.526. The van der Waals surface area contributed by atoms with Gasteiger partial charge < -0.3 is 20.1 Å². The molecule has 0 bridgehead atoms. The number of β-amino-alcohol motifs (C(OH)–C–C–N with tert-alkyl or cyclic N) is 1. The summed E-state index contributed by atoms with van der Waals surface area (Å²) in [5.74, 6) is 0.784. The quantitative estimate of drug-likeness (QED) is 0.756. The number of aromatic nitrogens is 2. The van der Waals surface area contributed by atoms with Crippen molar-refractivity contribution in [2.24, 2.45) is 5.92 Å². The first-order valence-electron chi connectivity index (χ1n) is 9.21. The fourth-order valence-electron chi connectivity index (χ4n) is 2.97. The van der Waals surface area contributed by atoms with Crippen molar-refractivity contribution in [3.8, 4) is 5.75 Å². The van der Waals surface area contributed by atoms with Crippen LogP contribution in [0.4, 0.5) is 5.69 Å². The van der Waals surface area contributed by atoms with E-state index in [0.717, 1.165) is 10.7 Å². The summed E-state index contributed by atoms with van der Waals surface area (Å²) in [5, 5.41) is 15.3. The van der Waals surface area contributed by atoms with E-state index in [2.05, 4.69) is 15.3 Å². The van der Waals surface area contributed by atoms with E-state index < -0.39 is 5.54 Å². The van der Waals surface area contributed by atoms with E-state index in [1.165, 1.54) is 24.2 Å². The molecule has 2 aromatic rings. The van der Waals surface area contributed by atoms with Crippen LogP contribution in [0.3, 0.4) is 0 Å². The third kappa shape index (κ3) is 4.06. The number of nitrogens with one attached hydrogen (secondary N) is 1. The Labute approximate surface area is 162 Å². The number of hydrogen-bond donors (Lipinski definition) is 2. The van der Waals surface area contributed by atoms with Gasteiger partial charge in [0.1, 0.15) is 5.01 Å². The summed E-state index contributed by atoms with van der Waals surface area (Å²) >= 11 is 1.50. The highest BCUT2D eigenvalue weighted by Crippen LogP contribution is 2.32. The minimum Gasteiger partial charge on any atom is -0.491 e. The molecule has 0 unspecified atom stereocenters. The lowest BCUT2D eigenvalue weighted by Gasteiger charge is -2.37. The summed E-state index contributed by atoms with van der Waals surface area (Å²) in [6.45, 7) is 5.59. The van der Waals surface area contributed by atoms with E-state index in [9.17, 15) is 9.90 Å². The minimum atomic E-state index is -0.596. The molecule has 7 nitrogen and oxygen atoms in total. The first-order valence-corrected chi connectivity index (χ1v) is 10.1. The van der Waals surface area contributed by atoms with Crippen LogP contribution in [0, 0.1) is 5.92 Å². The molecule has 1 aliphatic heterocycles. The summed E-state index contributed by atoms with van der Waals surface area (Å²) < 4.78 is 5.95. The number of aliphatic hydroxyl groups excluding tert-OH is 1. The molecule has 27 heavy (non-hydrogen) atoms. The molecule has 3 heterocycles. The number of thiazole rings is 1. The second kappa shape index (κ2) is 7.09. The van der Waals surface area contributed by atoms with Crippen molar-refractivity contribution in [3.05, 3.63) is 34.5 Å². The molecule has 4 rings (SSSR count). The number of hydrogen-bond acceptors (Lipinski definition) is 7. The maximum absolute atomic E-state index is 12.9.